The van der Waals surface area contributed by atoms with Crippen molar-refractivity contribution in [1.82, 2.24) is 10.6 Å². The first-order valence-corrected chi connectivity index (χ1v) is 8.33. The predicted octanol–water partition coefficient (Wildman–Crippen LogP) is 3.03. The lowest BCUT2D eigenvalue weighted by Gasteiger charge is -2.37. The van der Waals surface area contributed by atoms with Crippen LogP contribution in [-0.4, -0.2) is 25.2 Å². The molecule has 2 aliphatic heterocycles. The number of rotatable bonds is 4. The Hall–Kier alpha value is -0.0800. The molecule has 1 aliphatic carbocycles. The van der Waals surface area contributed by atoms with Crippen LogP contribution in [0.3, 0.4) is 0 Å². The molecule has 2 saturated heterocycles. The van der Waals surface area contributed by atoms with Gasteiger partial charge in [-0.2, -0.15) is 0 Å². The Morgan fingerprint density at radius 3 is 2.58 bits per heavy atom. The standard InChI is InChI=1S/C17H32N2/c1-11(2)15-14-12(9-19-15)17(14,5)10-16(3,4)13-7-6-8-18-13/h11-15,18-19H,6-10H2,1-5H3. The van der Waals surface area contributed by atoms with E-state index in [0.717, 1.165) is 29.8 Å². The molecule has 2 heterocycles. The van der Waals surface area contributed by atoms with E-state index in [0.29, 0.717) is 10.8 Å². The molecule has 2 heteroatoms. The highest BCUT2D eigenvalue weighted by Crippen LogP contribution is 2.68. The van der Waals surface area contributed by atoms with Gasteiger partial charge in [0.05, 0.1) is 0 Å². The van der Waals surface area contributed by atoms with Crippen molar-refractivity contribution < 1.29 is 0 Å². The molecule has 0 aromatic carbocycles. The van der Waals surface area contributed by atoms with E-state index in [1.54, 1.807) is 0 Å². The fraction of sp³-hybridized carbons (Fsp3) is 1.00. The molecule has 5 atom stereocenters. The van der Waals surface area contributed by atoms with E-state index in [1.165, 1.54) is 32.4 Å². The van der Waals surface area contributed by atoms with Crippen LogP contribution < -0.4 is 10.6 Å². The van der Waals surface area contributed by atoms with Gasteiger partial charge in [0.1, 0.15) is 0 Å². The number of nitrogens with one attached hydrogen (secondary N) is 2. The largest absolute Gasteiger partial charge is 0.313 e. The molecule has 19 heavy (non-hydrogen) atoms. The summed E-state index contributed by atoms with van der Waals surface area (Å²) in [6, 6.07) is 1.51. The van der Waals surface area contributed by atoms with Crippen molar-refractivity contribution in [1.29, 1.82) is 0 Å². The third-order valence-corrected chi connectivity index (χ3v) is 6.45. The minimum absolute atomic E-state index is 0.455. The summed E-state index contributed by atoms with van der Waals surface area (Å²) in [5.74, 6) is 2.67. The number of fused-ring (bicyclic) bond motifs is 1. The van der Waals surface area contributed by atoms with Gasteiger partial charge in [0.15, 0.2) is 0 Å². The zero-order valence-electron chi connectivity index (χ0n) is 13.4. The van der Waals surface area contributed by atoms with Gasteiger partial charge in [0, 0.05) is 12.1 Å². The van der Waals surface area contributed by atoms with E-state index in [4.69, 9.17) is 0 Å². The molecule has 0 radical (unpaired) electrons. The lowest BCUT2D eigenvalue weighted by Crippen LogP contribution is -2.41. The third-order valence-electron chi connectivity index (χ3n) is 6.45. The van der Waals surface area contributed by atoms with Crippen LogP contribution in [-0.2, 0) is 0 Å². The van der Waals surface area contributed by atoms with Gasteiger partial charge in [-0.3, -0.25) is 0 Å². The molecule has 0 amide bonds. The summed E-state index contributed by atoms with van der Waals surface area (Å²) < 4.78 is 0. The second-order valence-electron chi connectivity index (χ2n) is 8.63. The maximum absolute atomic E-state index is 3.75. The molecule has 3 rings (SSSR count). The number of hydrogen-bond donors (Lipinski definition) is 2. The first kappa shape index (κ1) is 13.9. The fourth-order valence-electron chi connectivity index (χ4n) is 5.47. The second kappa shape index (κ2) is 4.46. The molecule has 110 valence electrons. The zero-order chi connectivity index (χ0) is 13.8. The van der Waals surface area contributed by atoms with Crippen LogP contribution in [0.5, 0.6) is 0 Å². The Morgan fingerprint density at radius 2 is 2.00 bits per heavy atom. The van der Waals surface area contributed by atoms with Crippen LogP contribution in [0.1, 0.15) is 53.9 Å². The molecule has 0 aromatic rings. The Bertz CT molecular complexity index is 343. The molecule has 2 N–H and O–H groups in total. The van der Waals surface area contributed by atoms with Gasteiger partial charge >= 0.3 is 0 Å². The van der Waals surface area contributed by atoms with Gasteiger partial charge in [-0.25, -0.2) is 0 Å². The highest BCUT2D eigenvalue weighted by atomic mass is 15.0. The molecule has 3 fully saturated rings. The Balaban J connectivity index is 1.67. The van der Waals surface area contributed by atoms with Crippen molar-refractivity contribution in [2.45, 2.75) is 66.0 Å². The van der Waals surface area contributed by atoms with Crippen molar-refractivity contribution in [2.24, 2.45) is 28.6 Å². The van der Waals surface area contributed by atoms with E-state index in [9.17, 15) is 0 Å². The van der Waals surface area contributed by atoms with Crippen molar-refractivity contribution in [3.05, 3.63) is 0 Å². The van der Waals surface area contributed by atoms with Crippen molar-refractivity contribution >= 4 is 0 Å². The smallest absolute Gasteiger partial charge is 0.0127 e. The summed E-state index contributed by atoms with van der Waals surface area (Å²) in [7, 11) is 0. The monoisotopic (exact) mass is 264 g/mol. The van der Waals surface area contributed by atoms with Gasteiger partial charge in [-0.1, -0.05) is 34.6 Å². The first-order valence-electron chi connectivity index (χ1n) is 8.33. The highest BCUT2D eigenvalue weighted by Gasteiger charge is 2.68. The molecule has 2 nitrogen and oxygen atoms in total. The minimum Gasteiger partial charge on any atom is -0.313 e. The van der Waals surface area contributed by atoms with E-state index in [2.05, 4.69) is 45.3 Å². The lowest BCUT2D eigenvalue weighted by atomic mass is 9.73. The Kier molecular flexibility index (Phi) is 3.26. The average molecular weight is 264 g/mol. The maximum Gasteiger partial charge on any atom is 0.0127 e. The van der Waals surface area contributed by atoms with Gasteiger partial charge < -0.3 is 10.6 Å². The summed E-state index contributed by atoms with van der Waals surface area (Å²) >= 11 is 0. The normalized spacial score (nSPS) is 45.8. The Morgan fingerprint density at radius 1 is 1.26 bits per heavy atom. The lowest BCUT2D eigenvalue weighted by molar-refractivity contribution is 0.166. The van der Waals surface area contributed by atoms with E-state index in [-0.39, 0.29) is 0 Å². The molecular weight excluding hydrogens is 232 g/mol. The zero-order valence-corrected chi connectivity index (χ0v) is 13.4. The van der Waals surface area contributed by atoms with E-state index >= 15 is 0 Å². The van der Waals surface area contributed by atoms with Gasteiger partial charge in [0.25, 0.3) is 0 Å². The third kappa shape index (κ3) is 2.15. The summed E-state index contributed by atoms with van der Waals surface area (Å²) in [6.45, 7) is 14.8. The average Bonchev–Trinajstić information content (AvgIpc) is 2.86. The van der Waals surface area contributed by atoms with Crippen LogP contribution in [0.15, 0.2) is 0 Å². The summed E-state index contributed by atoms with van der Waals surface area (Å²) in [6.07, 6.45) is 4.15. The highest BCUT2D eigenvalue weighted by molar-refractivity contribution is 5.19. The number of hydrogen-bond acceptors (Lipinski definition) is 2. The van der Waals surface area contributed by atoms with Crippen LogP contribution in [0.2, 0.25) is 0 Å². The minimum atomic E-state index is 0.455. The Labute approximate surface area is 119 Å². The first-order chi connectivity index (χ1) is 8.86. The second-order valence-corrected chi connectivity index (χ2v) is 8.63. The molecule has 5 unspecified atom stereocenters. The molecule has 0 spiro atoms. The SMILES string of the molecule is CC(C)C1NCC2C1C2(C)CC(C)(C)C1CCCN1. The van der Waals surface area contributed by atoms with Crippen LogP contribution >= 0.6 is 0 Å². The van der Waals surface area contributed by atoms with Gasteiger partial charge in [0.2, 0.25) is 0 Å². The molecule has 1 saturated carbocycles. The number of piperidine rings is 1. The molecule has 3 aliphatic rings. The summed E-state index contributed by atoms with van der Waals surface area (Å²) in [5.41, 5.74) is 1.06. The van der Waals surface area contributed by atoms with Crippen molar-refractivity contribution in [3.8, 4) is 0 Å². The van der Waals surface area contributed by atoms with Crippen molar-refractivity contribution in [2.75, 3.05) is 13.1 Å². The maximum atomic E-state index is 3.75. The van der Waals surface area contributed by atoms with Crippen molar-refractivity contribution in [3.63, 3.8) is 0 Å². The van der Waals surface area contributed by atoms with Gasteiger partial charge in [-0.05, 0) is 60.9 Å². The van der Waals surface area contributed by atoms with E-state index in [1.807, 2.05) is 0 Å². The van der Waals surface area contributed by atoms with Crippen LogP contribution in [0.4, 0.5) is 0 Å². The topological polar surface area (TPSA) is 24.1 Å². The molecular formula is C17H32N2. The summed E-state index contributed by atoms with van der Waals surface area (Å²) in [5, 5.41) is 7.48. The van der Waals surface area contributed by atoms with Crippen LogP contribution in [0, 0.1) is 28.6 Å². The van der Waals surface area contributed by atoms with E-state index < -0.39 is 0 Å². The summed E-state index contributed by atoms with van der Waals surface area (Å²) in [4.78, 5) is 0. The molecule has 0 bridgehead atoms. The van der Waals surface area contributed by atoms with Gasteiger partial charge in [-0.15, -0.1) is 0 Å². The van der Waals surface area contributed by atoms with Crippen LogP contribution in [0.25, 0.3) is 0 Å². The predicted molar refractivity (Wildman–Crippen MR) is 81.1 cm³/mol. The fourth-order valence-corrected chi connectivity index (χ4v) is 5.47. The quantitative estimate of drug-likeness (QED) is 0.815. The molecule has 0 aromatic heterocycles.